The topological polar surface area (TPSA) is 37.2 Å². The zero-order valence-electron chi connectivity index (χ0n) is 13.4. The first-order chi connectivity index (χ1) is 11.3. The summed E-state index contributed by atoms with van der Waals surface area (Å²) < 4.78 is 2.39. The second-order valence-electron chi connectivity index (χ2n) is 6.33. The highest BCUT2D eigenvalue weighted by Crippen LogP contribution is 2.44. The molecule has 0 bridgehead atoms. The van der Waals surface area contributed by atoms with Crippen LogP contribution in [0.5, 0.6) is 0 Å². The first-order valence-electron chi connectivity index (χ1n) is 8.38. The minimum atomic E-state index is -0.129. The molecule has 3 heteroatoms. The summed E-state index contributed by atoms with van der Waals surface area (Å²) in [5.74, 6) is 0. The molecule has 0 amide bonds. The van der Waals surface area contributed by atoms with Crippen LogP contribution < -0.4 is 5.32 Å². The minimum Gasteiger partial charge on any atom is -0.396 e. The van der Waals surface area contributed by atoms with Crippen LogP contribution in [0.4, 0.5) is 5.69 Å². The lowest BCUT2D eigenvalue weighted by atomic mass is 9.84. The molecule has 0 spiro atoms. The number of aliphatic hydroxyl groups is 1. The Kier molecular flexibility index (Phi) is 3.38. The average Bonchev–Trinajstić information content (AvgIpc) is 3.00. The fourth-order valence-electron chi connectivity index (χ4n) is 3.88. The largest absolute Gasteiger partial charge is 0.396 e. The van der Waals surface area contributed by atoms with E-state index in [-0.39, 0.29) is 12.1 Å². The summed E-state index contributed by atoms with van der Waals surface area (Å²) in [7, 11) is 0. The van der Waals surface area contributed by atoms with Crippen molar-refractivity contribution in [2.45, 2.75) is 31.7 Å². The van der Waals surface area contributed by atoms with Gasteiger partial charge in [-0.05, 0) is 43.5 Å². The molecule has 3 nitrogen and oxygen atoms in total. The van der Waals surface area contributed by atoms with Gasteiger partial charge in [0.05, 0.1) is 22.4 Å². The molecule has 118 valence electrons. The first-order valence-corrected chi connectivity index (χ1v) is 8.38. The van der Waals surface area contributed by atoms with E-state index in [1.54, 1.807) is 0 Å². The molecule has 0 saturated carbocycles. The minimum absolute atomic E-state index is 0.129. The number of rotatable bonds is 4. The molecule has 1 unspecified atom stereocenters. The van der Waals surface area contributed by atoms with Crippen molar-refractivity contribution >= 4 is 16.6 Å². The molecular formula is C20H22N2O. The van der Waals surface area contributed by atoms with Gasteiger partial charge >= 0.3 is 0 Å². The molecule has 2 N–H and O–H groups in total. The smallest absolute Gasteiger partial charge is 0.0778 e. The summed E-state index contributed by atoms with van der Waals surface area (Å²) in [6.07, 6.45) is 2.70. The molecule has 2 heterocycles. The van der Waals surface area contributed by atoms with Crippen LogP contribution >= 0.6 is 0 Å². The molecule has 1 aliphatic rings. The van der Waals surface area contributed by atoms with Crippen LogP contribution in [0, 0.1) is 0 Å². The molecule has 1 aromatic heterocycles. The van der Waals surface area contributed by atoms with E-state index < -0.39 is 0 Å². The van der Waals surface area contributed by atoms with Crippen molar-refractivity contribution in [2.75, 3.05) is 11.9 Å². The normalized spacial score (nSPS) is 19.2. The van der Waals surface area contributed by atoms with E-state index in [0.29, 0.717) is 0 Å². The molecule has 23 heavy (non-hydrogen) atoms. The van der Waals surface area contributed by atoms with Gasteiger partial charge in [-0.15, -0.1) is 0 Å². The van der Waals surface area contributed by atoms with E-state index in [0.717, 1.165) is 19.3 Å². The quantitative estimate of drug-likeness (QED) is 0.748. The van der Waals surface area contributed by atoms with E-state index in [2.05, 4.69) is 71.4 Å². The number of anilines is 1. The number of hydrogen-bond acceptors (Lipinski definition) is 2. The van der Waals surface area contributed by atoms with Gasteiger partial charge in [0.25, 0.3) is 0 Å². The van der Waals surface area contributed by atoms with Crippen molar-refractivity contribution in [1.82, 2.24) is 4.57 Å². The second kappa shape index (κ2) is 5.43. The van der Waals surface area contributed by atoms with Crippen molar-refractivity contribution in [3.63, 3.8) is 0 Å². The van der Waals surface area contributed by atoms with Gasteiger partial charge in [0.15, 0.2) is 0 Å². The highest BCUT2D eigenvalue weighted by molar-refractivity contribution is 5.86. The van der Waals surface area contributed by atoms with Gasteiger partial charge in [0, 0.05) is 17.7 Å². The standard InChI is InChI=1S/C20H22N2O/c1-2-20(12-7-13-23)19-14-15-8-3-5-10-17(15)22(19)18-11-6-4-9-16(18)21-20/h3-6,8-11,14,21,23H,2,7,12-13H2,1H3. The average molecular weight is 306 g/mol. The molecular weight excluding hydrogens is 284 g/mol. The van der Waals surface area contributed by atoms with Crippen molar-refractivity contribution in [3.8, 4) is 5.69 Å². The number of nitrogens with one attached hydrogen (secondary N) is 1. The third-order valence-corrected chi connectivity index (χ3v) is 5.09. The van der Waals surface area contributed by atoms with E-state index in [1.807, 2.05) is 0 Å². The molecule has 1 atom stereocenters. The van der Waals surface area contributed by atoms with Crippen LogP contribution in [0.1, 0.15) is 31.9 Å². The third kappa shape index (κ3) is 2.07. The summed E-state index contributed by atoms with van der Waals surface area (Å²) in [5, 5.41) is 14.4. The zero-order valence-corrected chi connectivity index (χ0v) is 13.4. The molecule has 4 rings (SSSR count). The number of hydrogen-bond donors (Lipinski definition) is 2. The summed E-state index contributed by atoms with van der Waals surface area (Å²) >= 11 is 0. The van der Waals surface area contributed by atoms with E-state index >= 15 is 0 Å². The molecule has 2 aromatic carbocycles. The number of fused-ring (bicyclic) bond motifs is 5. The maximum atomic E-state index is 9.36. The zero-order chi connectivity index (χ0) is 15.9. The summed E-state index contributed by atoms with van der Waals surface area (Å²) in [6.45, 7) is 2.45. The van der Waals surface area contributed by atoms with Gasteiger partial charge in [-0.2, -0.15) is 0 Å². The van der Waals surface area contributed by atoms with Gasteiger partial charge in [-0.1, -0.05) is 37.3 Å². The van der Waals surface area contributed by atoms with Crippen LogP contribution in [-0.2, 0) is 5.54 Å². The number of nitrogens with zero attached hydrogens (tertiary/aromatic N) is 1. The van der Waals surface area contributed by atoms with Crippen LogP contribution in [0.25, 0.3) is 16.6 Å². The highest BCUT2D eigenvalue weighted by atomic mass is 16.2. The van der Waals surface area contributed by atoms with Crippen molar-refractivity contribution in [2.24, 2.45) is 0 Å². The molecule has 3 aromatic rings. The Morgan fingerprint density at radius 1 is 1.09 bits per heavy atom. The summed E-state index contributed by atoms with van der Waals surface area (Å²) in [6, 6.07) is 19.3. The predicted octanol–water partition coefficient (Wildman–Crippen LogP) is 4.43. The Labute approximate surface area is 136 Å². The molecule has 0 saturated heterocycles. The summed E-state index contributed by atoms with van der Waals surface area (Å²) in [5.41, 5.74) is 4.79. The van der Waals surface area contributed by atoms with E-state index in [1.165, 1.54) is 28.0 Å². The SMILES string of the molecule is CCC1(CCCO)Nc2ccccc2-n2c1cc1ccccc12. The van der Waals surface area contributed by atoms with Gasteiger partial charge in [-0.3, -0.25) is 0 Å². The van der Waals surface area contributed by atoms with Crippen LogP contribution in [0.3, 0.4) is 0 Å². The monoisotopic (exact) mass is 306 g/mol. The number of para-hydroxylation sites is 3. The van der Waals surface area contributed by atoms with Crippen LogP contribution in [0.15, 0.2) is 54.6 Å². The second-order valence-corrected chi connectivity index (χ2v) is 6.33. The predicted molar refractivity (Wildman–Crippen MR) is 95.2 cm³/mol. The van der Waals surface area contributed by atoms with Crippen LogP contribution in [-0.4, -0.2) is 16.3 Å². The third-order valence-electron chi connectivity index (χ3n) is 5.09. The Morgan fingerprint density at radius 3 is 2.70 bits per heavy atom. The Balaban J connectivity index is 2.02. The van der Waals surface area contributed by atoms with Gasteiger partial charge in [0.1, 0.15) is 0 Å². The van der Waals surface area contributed by atoms with E-state index in [4.69, 9.17) is 0 Å². The Morgan fingerprint density at radius 2 is 1.87 bits per heavy atom. The van der Waals surface area contributed by atoms with Crippen molar-refractivity contribution in [3.05, 3.63) is 60.3 Å². The molecule has 1 aliphatic heterocycles. The fourth-order valence-corrected chi connectivity index (χ4v) is 3.88. The maximum Gasteiger partial charge on any atom is 0.0778 e. The van der Waals surface area contributed by atoms with Gasteiger partial charge in [-0.25, -0.2) is 0 Å². The fraction of sp³-hybridized carbons (Fsp3) is 0.300. The summed E-state index contributed by atoms with van der Waals surface area (Å²) in [4.78, 5) is 0. The molecule has 0 fully saturated rings. The lowest BCUT2D eigenvalue weighted by molar-refractivity contribution is 0.262. The number of benzene rings is 2. The maximum absolute atomic E-state index is 9.36. The van der Waals surface area contributed by atoms with Crippen molar-refractivity contribution in [1.29, 1.82) is 0 Å². The Bertz CT molecular complexity index is 852. The number of aromatic nitrogens is 1. The first kappa shape index (κ1) is 14.3. The number of aliphatic hydroxyl groups excluding tert-OH is 1. The Hall–Kier alpha value is -2.26. The lowest BCUT2D eigenvalue weighted by Crippen LogP contribution is -2.40. The highest BCUT2D eigenvalue weighted by Gasteiger charge is 2.37. The molecule has 0 aliphatic carbocycles. The van der Waals surface area contributed by atoms with Crippen LogP contribution in [0.2, 0.25) is 0 Å². The van der Waals surface area contributed by atoms with E-state index in [9.17, 15) is 5.11 Å². The van der Waals surface area contributed by atoms with Gasteiger partial charge in [0.2, 0.25) is 0 Å². The van der Waals surface area contributed by atoms with Crippen molar-refractivity contribution < 1.29 is 5.11 Å². The lowest BCUT2D eigenvalue weighted by Gasteiger charge is -2.41. The van der Waals surface area contributed by atoms with Gasteiger partial charge < -0.3 is 15.0 Å². The molecule has 0 radical (unpaired) electrons.